The van der Waals surface area contributed by atoms with Crippen molar-refractivity contribution in [3.63, 3.8) is 0 Å². The summed E-state index contributed by atoms with van der Waals surface area (Å²) in [5.41, 5.74) is 5.92. The van der Waals surface area contributed by atoms with Crippen LogP contribution >= 0.6 is 0 Å². The van der Waals surface area contributed by atoms with Crippen molar-refractivity contribution in [1.82, 2.24) is 5.32 Å². The van der Waals surface area contributed by atoms with E-state index in [-0.39, 0.29) is 0 Å². The number of ether oxygens (including phenoxy) is 2. The van der Waals surface area contributed by atoms with Crippen LogP contribution in [0.5, 0.6) is 11.5 Å². The van der Waals surface area contributed by atoms with Crippen LogP contribution in [-0.2, 0) is 6.54 Å². The lowest BCUT2D eigenvalue weighted by molar-refractivity contribution is 0.248. The molecule has 5 nitrogen and oxygen atoms in total. The highest BCUT2D eigenvalue weighted by atomic mass is 16.5. The minimum Gasteiger partial charge on any atom is -0.490 e. The van der Waals surface area contributed by atoms with Gasteiger partial charge in [-0.3, -0.25) is 0 Å². The largest absolute Gasteiger partial charge is 0.490 e. The fourth-order valence-corrected chi connectivity index (χ4v) is 1.39. The maximum atomic E-state index is 10.6. The molecule has 0 radical (unpaired) electrons. The number of nitrogens with two attached hydrogens (primary N) is 1. The van der Waals surface area contributed by atoms with Crippen molar-refractivity contribution in [1.29, 1.82) is 0 Å². The van der Waals surface area contributed by atoms with Crippen molar-refractivity contribution in [3.05, 3.63) is 23.8 Å². The predicted molar refractivity (Wildman–Crippen MR) is 65.2 cm³/mol. The molecule has 94 valence electrons. The third-order valence-electron chi connectivity index (χ3n) is 2.07. The Morgan fingerprint density at radius 3 is 2.47 bits per heavy atom. The molecule has 0 saturated heterocycles. The highest BCUT2D eigenvalue weighted by molar-refractivity contribution is 5.71. The molecule has 0 fully saturated rings. The predicted octanol–water partition coefficient (Wildman–Crippen LogP) is 1.65. The van der Waals surface area contributed by atoms with Gasteiger partial charge in [-0.05, 0) is 31.5 Å². The van der Waals surface area contributed by atoms with Gasteiger partial charge in [0.1, 0.15) is 0 Å². The smallest absolute Gasteiger partial charge is 0.312 e. The molecule has 1 rings (SSSR count). The summed E-state index contributed by atoms with van der Waals surface area (Å²) in [5.74, 6) is 1.38. The van der Waals surface area contributed by atoms with E-state index in [0.29, 0.717) is 31.3 Å². The first-order valence-electron chi connectivity index (χ1n) is 5.59. The Morgan fingerprint density at radius 1 is 1.24 bits per heavy atom. The van der Waals surface area contributed by atoms with Crippen LogP contribution in [-0.4, -0.2) is 19.2 Å². The lowest BCUT2D eigenvalue weighted by Gasteiger charge is -2.12. The second-order valence-corrected chi connectivity index (χ2v) is 3.36. The molecule has 0 aliphatic carbocycles. The van der Waals surface area contributed by atoms with E-state index in [4.69, 9.17) is 15.2 Å². The molecule has 1 aromatic carbocycles. The van der Waals surface area contributed by atoms with Crippen molar-refractivity contribution < 1.29 is 14.3 Å². The second kappa shape index (κ2) is 6.62. The number of hydrogen-bond acceptors (Lipinski definition) is 3. The monoisotopic (exact) mass is 238 g/mol. The van der Waals surface area contributed by atoms with Crippen molar-refractivity contribution in [2.45, 2.75) is 20.4 Å². The summed E-state index contributed by atoms with van der Waals surface area (Å²) in [5, 5.41) is 2.53. The zero-order valence-corrected chi connectivity index (χ0v) is 10.2. The van der Waals surface area contributed by atoms with Gasteiger partial charge in [0.05, 0.1) is 13.2 Å². The Morgan fingerprint density at radius 2 is 1.88 bits per heavy atom. The van der Waals surface area contributed by atoms with Gasteiger partial charge in [0.25, 0.3) is 0 Å². The average molecular weight is 238 g/mol. The van der Waals surface area contributed by atoms with E-state index in [2.05, 4.69) is 5.32 Å². The number of primary amides is 1. The van der Waals surface area contributed by atoms with Gasteiger partial charge in [-0.25, -0.2) is 4.79 Å². The molecule has 0 heterocycles. The normalized spacial score (nSPS) is 9.76. The van der Waals surface area contributed by atoms with Gasteiger partial charge in [0.2, 0.25) is 0 Å². The Kier molecular flexibility index (Phi) is 5.13. The minimum atomic E-state index is -0.545. The van der Waals surface area contributed by atoms with Gasteiger partial charge in [-0.1, -0.05) is 6.07 Å². The van der Waals surface area contributed by atoms with Gasteiger partial charge in [0, 0.05) is 6.54 Å². The molecule has 0 bridgehead atoms. The third-order valence-corrected chi connectivity index (χ3v) is 2.07. The van der Waals surface area contributed by atoms with Crippen molar-refractivity contribution in [2.75, 3.05) is 13.2 Å². The quantitative estimate of drug-likeness (QED) is 0.791. The molecule has 17 heavy (non-hydrogen) atoms. The van der Waals surface area contributed by atoms with Crippen LogP contribution in [0.15, 0.2) is 18.2 Å². The second-order valence-electron chi connectivity index (χ2n) is 3.36. The molecule has 1 aromatic rings. The fourth-order valence-electron chi connectivity index (χ4n) is 1.39. The summed E-state index contributed by atoms with van der Waals surface area (Å²) in [6.45, 7) is 5.34. The lowest BCUT2D eigenvalue weighted by atomic mass is 10.2. The number of hydrogen-bond donors (Lipinski definition) is 2. The zero-order chi connectivity index (χ0) is 12.7. The molecule has 5 heteroatoms. The molecular weight excluding hydrogens is 220 g/mol. The molecule has 0 atom stereocenters. The van der Waals surface area contributed by atoms with Crippen molar-refractivity contribution in [3.8, 4) is 11.5 Å². The van der Waals surface area contributed by atoms with Crippen LogP contribution in [0.2, 0.25) is 0 Å². The molecule has 0 aromatic heterocycles. The first kappa shape index (κ1) is 13.2. The molecule has 0 spiro atoms. The minimum absolute atomic E-state index is 0.377. The zero-order valence-electron chi connectivity index (χ0n) is 10.2. The van der Waals surface area contributed by atoms with Gasteiger partial charge in [-0.15, -0.1) is 0 Å². The molecular formula is C12H18N2O3. The summed E-state index contributed by atoms with van der Waals surface area (Å²) in [6.07, 6.45) is 0. The van der Waals surface area contributed by atoms with Crippen LogP contribution in [0.1, 0.15) is 19.4 Å². The number of benzene rings is 1. The molecule has 3 N–H and O–H groups in total. The molecule has 0 unspecified atom stereocenters. The Labute approximate surface area is 101 Å². The number of amides is 2. The Hall–Kier alpha value is -1.91. The van der Waals surface area contributed by atoms with E-state index in [9.17, 15) is 4.79 Å². The van der Waals surface area contributed by atoms with E-state index >= 15 is 0 Å². The topological polar surface area (TPSA) is 73.6 Å². The Balaban J connectivity index is 2.80. The van der Waals surface area contributed by atoms with Gasteiger partial charge in [0.15, 0.2) is 11.5 Å². The summed E-state index contributed by atoms with van der Waals surface area (Å²) >= 11 is 0. The van der Waals surface area contributed by atoms with Gasteiger partial charge >= 0.3 is 6.03 Å². The summed E-state index contributed by atoms with van der Waals surface area (Å²) in [6, 6.07) is 4.98. The molecule has 0 aliphatic heterocycles. The van der Waals surface area contributed by atoms with Crippen LogP contribution in [0, 0.1) is 0 Å². The van der Waals surface area contributed by atoms with Crippen LogP contribution in [0.25, 0.3) is 0 Å². The van der Waals surface area contributed by atoms with E-state index in [1.54, 1.807) is 0 Å². The number of urea groups is 1. The maximum Gasteiger partial charge on any atom is 0.312 e. The average Bonchev–Trinajstić information content (AvgIpc) is 2.30. The van der Waals surface area contributed by atoms with E-state index < -0.39 is 6.03 Å². The first-order chi connectivity index (χ1) is 8.17. The Bertz CT molecular complexity index is 380. The number of nitrogens with one attached hydrogen (secondary N) is 1. The SMILES string of the molecule is CCOc1ccc(CNC(N)=O)cc1OCC. The van der Waals surface area contributed by atoms with Crippen molar-refractivity contribution >= 4 is 6.03 Å². The lowest BCUT2D eigenvalue weighted by Crippen LogP contribution is -2.28. The fraction of sp³-hybridized carbons (Fsp3) is 0.417. The van der Waals surface area contributed by atoms with Gasteiger partial charge < -0.3 is 20.5 Å². The van der Waals surface area contributed by atoms with Crippen LogP contribution in [0.3, 0.4) is 0 Å². The summed E-state index contributed by atoms with van der Waals surface area (Å²) in [7, 11) is 0. The molecule has 0 aliphatic rings. The molecule has 2 amide bonds. The number of carbonyl (C=O) groups excluding carboxylic acids is 1. The van der Waals surface area contributed by atoms with E-state index in [0.717, 1.165) is 5.56 Å². The van der Waals surface area contributed by atoms with Crippen LogP contribution in [0.4, 0.5) is 4.79 Å². The number of rotatable bonds is 6. The maximum absolute atomic E-state index is 10.6. The van der Waals surface area contributed by atoms with E-state index in [1.165, 1.54) is 0 Å². The summed E-state index contributed by atoms with van der Waals surface area (Å²) in [4.78, 5) is 10.6. The highest BCUT2D eigenvalue weighted by Gasteiger charge is 2.06. The van der Waals surface area contributed by atoms with E-state index in [1.807, 2.05) is 32.0 Å². The summed E-state index contributed by atoms with van der Waals surface area (Å²) < 4.78 is 10.9. The third kappa shape index (κ3) is 4.22. The van der Waals surface area contributed by atoms with Crippen LogP contribution < -0.4 is 20.5 Å². The van der Waals surface area contributed by atoms with Crippen molar-refractivity contribution in [2.24, 2.45) is 5.73 Å². The standard InChI is InChI=1S/C12H18N2O3/c1-3-16-10-6-5-9(8-14-12(13)15)7-11(10)17-4-2/h5-7H,3-4,8H2,1-2H3,(H3,13,14,15). The molecule has 0 saturated carbocycles. The first-order valence-corrected chi connectivity index (χ1v) is 5.59. The highest BCUT2D eigenvalue weighted by Crippen LogP contribution is 2.28. The van der Waals surface area contributed by atoms with Gasteiger partial charge in [-0.2, -0.15) is 0 Å². The number of carbonyl (C=O) groups is 1.